The molecule has 0 saturated carbocycles. The van der Waals surface area contributed by atoms with Crippen molar-refractivity contribution in [1.82, 2.24) is 24.4 Å². The summed E-state index contributed by atoms with van der Waals surface area (Å²) in [4.78, 5) is 26.7. The summed E-state index contributed by atoms with van der Waals surface area (Å²) in [7, 11) is 0. The molecule has 8 nitrogen and oxygen atoms in total. The van der Waals surface area contributed by atoms with Crippen LogP contribution >= 0.6 is 0 Å². The molecule has 0 spiro atoms. The Morgan fingerprint density at radius 3 is 2.59 bits per heavy atom. The largest absolute Gasteiger partial charge is 0.372 e. The van der Waals surface area contributed by atoms with Crippen LogP contribution < -0.4 is 5.32 Å². The number of nitrogens with one attached hydrogen (secondary N) is 1. The summed E-state index contributed by atoms with van der Waals surface area (Å²) < 4.78 is 33.5. The number of imidazole rings is 1. The van der Waals surface area contributed by atoms with Crippen molar-refractivity contribution in [2.24, 2.45) is 0 Å². The minimum absolute atomic E-state index is 0.0375. The fourth-order valence-corrected chi connectivity index (χ4v) is 3.44. The van der Waals surface area contributed by atoms with Gasteiger partial charge in [-0.3, -0.25) is 4.79 Å². The van der Waals surface area contributed by atoms with Crippen LogP contribution in [0.2, 0.25) is 0 Å². The highest BCUT2D eigenvalue weighted by Gasteiger charge is 2.29. The summed E-state index contributed by atoms with van der Waals surface area (Å²) >= 11 is 0. The van der Waals surface area contributed by atoms with Gasteiger partial charge in [0.1, 0.15) is 12.4 Å². The molecule has 1 N–H and O–H groups in total. The standard InChI is InChI=1S/C17H24F2N6O2/c1-5-25-15-12(23-16(25)13(18)19)14(20-8-21-15)22-11(4)17(26)24-6-9(2)27-10(3)7-24/h8-11,13H,5-7H2,1-4H3,(H,20,21,22)/t9?,10?,11-/m1/s1. The molecule has 1 aliphatic heterocycles. The lowest BCUT2D eigenvalue weighted by molar-refractivity contribution is -0.143. The normalized spacial score (nSPS) is 21.7. The van der Waals surface area contributed by atoms with Crippen LogP contribution in [-0.4, -0.2) is 61.7 Å². The van der Waals surface area contributed by atoms with E-state index in [0.717, 1.165) is 0 Å². The van der Waals surface area contributed by atoms with E-state index in [1.54, 1.807) is 18.7 Å². The van der Waals surface area contributed by atoms with Crippen molar-refractivity contribution in [2.75, 3.05) is 18.4 Å². The van der Waals surface area contributed by atoms with Gasteiger partial charge in [-0.1, -0.05) is 0 Å². The van der Waals surface area contributed by atoms with Crippen LogP contribution in [0.4, 0.5) is 14.6 Å². The molecule has 2 aromatic rings. The van der Waals surface area contributed by atoms with Crippen LogP contribution in [0.15, 0.2) is 6.33 Å². The van der Waals surface area contributed by atoms with Crippen LogP contribution in [0.3, 0.4) is 0 Å². The first kappa shape index (κ1) is 19.4. The highest BCUT2D eigenvalue weighted by atomic mass is 19.3. The van der Waals surface area contributed by atoms with Crippen molar-refractivity contribution in [1.29, 1.82) is 0 Å². The summed E-state index contributed by atoms with van der Waals surface area (Å²) in [6.07, 6.45) is -1.51. The number of nitrogens with zero attached hydrogens (tertiary/aromatic N) is 5. The third-order valence-corrected chi connectivity index (χ3v) is 4.53. The van der Waals surface area contributed by atoms with E-state index in [1.165, 1.54) is 10.9 Å². The number of anilines is 1. The van der Waals surface area contributed by atoms with Gasteiger partial charge in [0.15, 0.2) is 22.8 Å². The molecule has 0 aromatic carbocycles. The van der Waals surface area contributed by atoms with Crippen molar-refractivity contribution in [2.45, 2.75) is 58.9 Å². The Morgan fingerprint density at radius 1 is 1.33 bits per heavy atom. The number of rotatable bonds is 5. The first-order valence-electron chi connectivity index (χ1n) is 9.01. The Morgan fingerprint density at radius 2 is 2.00 bits per heavy atom. The molecular weight excluding hydrogens is 358 g/mol. The number of aromatic nitrogens is 4. The topological polar surface area (TPSA) is 85.2 Å². The summed E-state index contributed by atoms with van der Waals surface area (Å²) in [5, 5.41) is 3.01. The molecule has 148 valence electrons. The zero-order valence-corrected chi connectivity index (χ0v) is 15.8. The molecule has 3 rings (SSSR count). The Labute approximate surface area is 155 Å². The second-order valence-corrected chi connectivity index (χ2v) is 6.78. The maximum Gasteiger partial charge on any atom is 0.295 e. The minimum Gasteiger partial charge on any atom is -0.372 e. The molecule has 0 aliphatic carbocycles. The Kier molecular flexibility index (Phi) is 5.54. The van der Waals surface area contributed by atoms with E-state index in [-0.39, 0.29) is 35.3 Å². The predicted molar refractivity (Wildman–Crippen MR) is 95.6 cm³/mol. The summed E-state index contributed by atoms with van der Waals surface area (Å²) in [5.41, 5.74) is 0.552. The van der Waals surface area contributed by atoms with E-state index >= 15 is 0 Å². The maximum absolute atomic E-state index is 13.3. The van der Waals surface area contributed by atoms with Crippen LogP contribution in [0.1, 0.15) is 39.9 Å². The summed E-state index contributed by atoms with van der Waals surface area (Å²) in [5.74, 6) is -0.192. The van der Waals surface area contributed by atoms with E-state index in [9.17, 15) is 13.6 Å². The van der Waals surface area contributed by atoms with Gasteiger partial charge in [0.25, 0.3) is 6.43 Å². The first-order valence-corrected chi connectivity index (χ1v) is 9.01. The van der Waals surface area contributed by atoms with E-state index < -0.39 is 12.5 Å². The fourth-order valence-electron chi connectivity index (χ4n) is 3.44. The molecular formula is C17H24F2N6O2. The number of carbonyl (C=O) groups excluding carboxylic acids is 1. The van der Waals surface area contributed by atoms with Crippen molar-refractivity contribution in [3.05, 3.63) is 12.2 Å². The molecule has 2 aromatic heterocycles. The summed E-state index contributed by atoms with van der Waals surface area (Å²) in [6.45, 7) is 8.63. The number of hydrogen-bond donors (Lipinski definition) is 1. The Bertz CT molecular complexity index is 817. The monoisotopic (exact) mass is 382 g/mol. The average Bonchev–Trinajstić information content (AvgIpc) is 3.00. The number of hydrogen-bond acceptors (Lipinski definition) is 6. The zero-order chi connectivity index (χ0) is 19.7. The molecule has 0 bridgehead atoms. The number of fused-ring (bicyclic) bond motifs is 1. The third-order valence-electron chi connectivity index (χ3n) is 4.53. The van der Waals surface area contributed by atoms with Gasteiger partial charge in [-0.25, -0.2) is 23.7 Å². The van der Waals surface area contributed by atoms with Gasteiger partial charge in [0.05, 0.1) is 12.2 Å². The second kappa shape index (κ2) is 7.71. The van der Waals surface area contributed by atoms with Gasteiger partial charge in [-0.05, 0) is 27.7 Å². The number of halogens is 2. The van der Waals surface area contributed by atoms with Gasteiger partial charge < -0.3 is 19.5 Å². The van der Waals surface area contributed by atoms with Gasteiger partial charge in [0, 0.05) is 19.6 Å². The predicted octanol–water partition coefficient (Wildman–Crippen LogP) is 2.22. The van der Waals surface area contributed by atoms with E-state index in [1.807, 2.05) is 13.8 Å². The second-order valence-electron chi connectivity index (χ2n) is 6.78. The average molecular weight is 382 g/mol. The van der Waals surface area contributed by atoms with Crippen molar-refractivity contribution in [3.63, 3.8) is 0 Å². The maximum atomic E-state index is 13.3. The van der Waals surface area contributed by atoms with E-state index in [0.29, 0.717) is 25.3 Å². The highest BCUT2D eigenvalue weighted by molar-refractivity contribution is 5.89. The molecule has 0 radical (unpaired) electrons. The Balaban J connectivity index is 1.84. The fraction of sp³-hybridized carbons (Fsp3) is 0.647. The molecule has 1 aliphatic rings. The highest BCUT2D eigenvalue weighted by Crippen LogP contribution is 2.26. The molecule has 1 amide bonds. The number of ether oxygens (including phenoxy) is 1. The van der Waals surface area contributed by atoms with Crippen LogP contribution in [-0.2, 0) is 16.1 Å². The van der Waals surface area contributed by atoms with Gasteiger partial charge in [-0.2, -0.15) is 0 Å². The van der Waals surface area contributed by atoms with Gasteiger partial charge >= 0.3 is 0 Å². The molecule has 1 saturated heterocycles. The molecule has 3 atom stereocenters. The Hall–Kier alpha value is -2.36. The minimum atomic E-state index is -2.72. The zero-order valence-electron chi connectivity index (χ0n) is 15.8. The first-order chi connectivity index (χ1) is 12.8. The number of amides is 1. The molecule has 1 fully saturated rings. The van der Waals surface area contributed by atoms with E-state index in [4.69, 9.17) is 4.74 Å². The van der Waals surface area contributed by atoms with Gasteiger partial charge in [0.2, 0.25) is 5.91 Å². The number of alkyl halides is 2. The van der Waals surface area contributed by atoms with Crippen LogP contribution in [0.25, 0.3) is 11.2 Å². The van der Waals surface area contributed by atoms with Crippen molar-refractivity contribution >= 4 is 22.9 Å². The molecule has 27 heavy (non-hydrogen) atoms. The van der Waals surface area contributed by atoms with Crippen molar-refractivity contribution in [3.8, 4) is 0 Å². The smallest absolute Gasteiger partial charge is 0.295 e. The van der Waals surface area contributed by atoms with E-state index in [2.05, 4.69) is 20.3 Å². The molecule has 3 heterocycles. The van der Waals surface area contributed by atoms with Crippen LogP contribution in [0, 0.1) is 0 Å². The SMILES string of the molecule is CCn1c(C(F)F)nc2c(N[C@H](C)C(=O)N3CC(C)OC(C)C3)ncnc21. The number of aryl methyl sites for hydroxylation is 1. The number of morpholine rings is 1. The van der Waals surface area contributed by atoms with Crippen molar-refractivity contribution < 1.29 is 18.3 Å². The van der Waals surface area contributed by atoms with Crippen LogP contribution in [0.5, 0.6) is 0 Å². The van der Waals surface area contributed by atoms with Gasteiger partial charge in [-0.15, -0.1) is 0 Å². The lowest BCUT2D eigenvalue weighted by atomic mass is 10.2. The quantitative estimate of drug-likeness (QED) is 0.854. The molecule has 2 unspecified atom stereocenters. The lowest BCUT2D eigenvalue weighted by Crippen LogP contribution is -2.52. The lowest BCUT2D eigenvalue weighted by Gasteiger charge is -2.36. The number of carbonyl (C=O) groups is 1. The molecule has 10 heteroatoms. The summed E-state index contributed by atoms with van der Waals surface area (Å²) in [6, 6.07) is -0.595. The third kappa shape index (κ3) is 3.85.